The molecule has 0 atom stereocenters. The molecule has 0 N–H and O–H groups in total. The lowest BCUT2D eigenvalue weighted by molar-refractivity contribution is 0.242. The van der Waals surface area contributed by atoms with Crippen molar-refractivity contribution in [3.05, 3.63) is 68.7 Å². The van der Waals surface area contributed by atoms with Crippen LogP contribution in [0.5, 0.6) is 5.75 Å². The fourth-order valence-electron chi connectivity index (χ4n) is 2.72. The van der Waals surface area contributed by atoms with Crippen LogP contribution < -0.4 is 10.3 Å². The molecule has 1 aromatic heterocycles. The molecule has 0 spiro atoms. The largest absolute Gasteiger partial charge is 0.490 e. The van der Waals surface area contributed by atoms with Crippen LogP contribution in [0.3, 0.4) is 0 Å². The van der Waals surface area contributed by atoms with Gasteiger partial charge >= 0.3 is 0 Å². The monoisotopic (exact) mass is 427 g/mol. The van der Waals surface area contributed by atoms with E-state index in [2.05, 4.69) is 26.0 Å². The molecule has 0 aliphatic heterocycles. The first-order chi connectivity index (χ1) is 12.9. The van der Waals surface area contributed by atoms with Crippen LogP contribution in [-0.4, -0.2) is 22.0 Å². The molecule has 27 heavy (non-hydrogen) atoms. The maximum absolute atomic E-state index is 13.0. The number of aromatic nitrogens is 2. The van der Waals surface area contributed by atoms with Crippen LogP contribution in [-0.2, 0) is 0 Å². The third-order valence-corrected chi connectivity index (χ3v) is 4.44. The fraction of sp³-hybridized carbons (Fsp3) is 0.286. The Morgan fingerprint density at radius 2 is 1.89 bits per heavy atom. The van der Waals surface area contributed by atoms with Gasteiger partial charge in [0.1, 0.15) is 11.6 Å². The molecule has 0 radical (unpaired) electrons. The molecule has 0 unspecified atom stereocenters. The molecule has 0 aliphatic rings. The third kappa shape index (κ3) is 4.27. The van der Waals surface area contributed by atoms with Crippen molar-refractivity contribution >= 4 is 33.0 Å². The van der Waals surface area contributed by atoms with Crippen LogP contribution in [0.25, 0.3) is 10.9 Å². The van der Waals surface area contributed by atoms with E-state index in [-0.39, 0.29) is 17.6 Å². The van der Waals surface area contributed by atoms with Crippen LogP contribution in [0.4, 0.5) is 0 Å². The molecule has 6 heteroatoms. The van der Waals surface area contributed by atoms with Crippen molar-refractivity contribution in [3.63, 3.8) is 0 Å². The molecule has 0 amide bonds. The summed E-state index contributed by atoms with van der Waals surface area (Å²) in [5.41, 5.74) is 1.28. The lowest BCUT2D eigenvalue weighted by atomic mass is 10.2. The zero-order valence-electron chi connectivity index (χ0n) is 15.8. The van der Waals surface area contributed by atoms with E-state index in [0.717, 1.165) is 15.8 Å². The summed E-state index contributed by atoms with van der Waals surface area (Å²) < 4.78 is 8.04. The van der Waals surface area contributed by atoms with Crippen molar-refractivity contribution in [2.45, 2.75) is 39.7 Å². The number of nitrogens with zero attached hydrogens (tertiary/aromatic N) is 3. The van der Waals surface area contributed by atoms with Gasteiger partial charge in [0.15, 0.2) is 0 Å². The Morgan fingerprint density at radius 3 is 2.59 bits per heavy atom. The lowest BCUT2D eigenvalue weighted by Crippen LogP contribution is -2.23. The Labute approximate surface area is 166 Å². The molecule has 1 heterocycles. The van der Waals surface area contributed by atoms with Crippen molar-refractivity contribution in [1.29, 1.82) is 0 Å². The Morgan fingerprint density at radius 1 is 1.15 bits per heavy atom. The van der Waals surface area contributed by atoms with E-state index in [1.165, 1.54) is 4.68 Å². The summed E-state index contributed by atoms with van der Waals surface area (Å²) in [5.74, 6) is 1.39. The smallest absolute Gasteiger partial charge is 0.282 e. The molecule has 0 saturated heterocycles. The molecule has 5 nitrogen and oxygen atoms in total. The molecule has 3 aromatic rings. The zero-order valence-corrected chi connectivity index (χ0v) is 17.4. The first kappa shape index (κ1) is 19.3. The number of rotatable bonds is 5. The highest BCUT2D eigenvalue weighted by molar-refractivity contribution is 9.10. The second-order valence-corrected chi connectivity index (χ2v) is 7.77. The van der Waals surface area contributed by atoms with Crippen LogP contribution in [0.2, 0.25) is 0 Å². The minimum Gasteiger partial charge on any atom is -0.490 e. The van der Waals surface area contributed by atoms with Crippen LogP contribution in [0.1, 0.15) is 45.0 Å². The standard InChI is InChI=1S/C21H22BrN3O2/c1-13(2)20-24-18-10-9-16(22)11-17(18)21(26)25(20)23-12-15-7-5-6-8-19(15)27-14(3)4/h5-14H,1-4H3. The zero-order chi connectivity index (χ0) is 19.6. The number of ether oxygens (including phenoxy) is 1. The summed E-state index contributed by atoms with van der Waals surface area (Å²) in [6.07, 6.45) is 1.70. The summed E-state index contributed by atoms with van der Waals surface area (Å²) in [5, 5.41) is 4.99. The maximum atomic E-state index is 13.0. The van der Waals surface area contributed by atoms with E-state index >= 15 is 0 Å². The summed E-state index contributed by atoms with van der Waals surface area (Å²) in [6.45, 7) is 7.93. The average Bonchev–Trinajstić information content (AvgIpc) is 2.61. The van der Waals surface area contributed by atoms with Gasteiger partial charge in [0.05, 0.1) is 23.2 Å². The molecule has 2 aromatic carbocycles. The molecule has 0 aliphatic carbocycles. The summed E-state index contributed by atoms with van der Waals surface area (Å²) in [4.78, 5) is 17.7. The first-order valence-electron chi connectivity index (χ1n) is 8.89. The topological polar surface area (TPSA) is 56.5 Å². The highest BCUT2D eigenvalue weighted by Gasteiger charge is 2.14. The highest BCUT2D eigenvalue weighted by Crippen LogP contribution is 2.20. The first-order valence-corrected chi connectivity index (χ1v) is 9.68. The van der Waals surface area contributed by atoms with Gasteiger partial charge in [0, 0.05) is 16.0 Å². The predicted molar refractivity (Wildman–Crippen MR) is 113 cm³/mol. The second-order valence-electron chi connectivity index (χ2n) is 6.85. The van der Waals surface area contributed by atoms with E-state index in [1.54, 1.807) is 12.3 Å². The van der Waals surface area contributed by atoms with Gasteiger partial charge in [-0.2, -0.15) is 9.78 Å². The van der Waals surface area contributed by atoms with Crippen molar-refractivity contribution in [1.82, 2.24) is 9.66 Å². The van der Waals surface area contributed by atoms with Crippen LogP contribution in [0, 0.1) is 0 Å². The van der Waals surface area contributed by atoms with E-state index in [4.69, 9.17) is 4.74 Å². The van der Waals surface area contributed by atoms with Gasteiger partial charge in [-0.25, -0.2) is 4.98 Å². The third-order valence-electron chi connectivity index (χ3n) is 3.94. The molecule has 0 saturated carbocycles. The highest BCUT2D eigenvalue weighted by atomic mass is 79.9. The number of hydrogen-bond acceptors (Lipinski definition) is 4. The minimum absolute atomic E-state index is 0.0463. The molecular formula is C21H22BrN3O2. The number of halogens is 1. The number of hydrogen-bond donors (Lipinski definition) is 0. The van der Waals surface area contributed by atoms with E-state index in [1.807, 2.05) is 64.1 Å². The number of fused-ring (bicyclic) bond motifs is 1. The van der Waals surface area contributed by atoms with Crippen molar-refractivity contribution in [2.24, 2.45) is 5.10 Å². The van der Waals surface area contributed by atoms with Crippen LogP contribution >= 0.6 is 15.9 Å². The second kappa shape index (κ2) is 8.05. The summed E-state index contributed by atoms with van der Waals surface area (Å²) in [6, 6.07) is 13.1. The number of para-hydroxylation sites is 1. The van der Waals surface area contributed by atoms with Crippen molar-refractivity contribution in [2.75, 3.05) is 0 Å². The summed E-state index contributed by atoms with van der Waals surface area (Å²) in [7, 11) is 0. The van der Waals surface area contributed by atoms with Crippen molar-refractivity contribution in [3.8, 4) is 5.75 Å². The van der Waals surface area contributed by atoms with Crippen LogP contribution in [0.15, 0.2) is 56.8 Å². The predicted octanol–water partition coefficient (Wildman–Crippen LogP) is 4.95. The number of benzene rings is 2. The van der Waals surface area contributed by atoms with E-state index < -0.39 is 0 Å². The van der Waals surface area contributed by atoms with Gasteiger partial charge in [0.25, 0.3) is 5.56 Å². The molecule has 0 bridgehead atoms. The average molecular weight is 428 g/mol. The molecular weight excluding hydrogens is 406 g/mol. The Kier molecular flexibility index (Phi) is 5.75. The van der Waals surface area contributed by atoms with Gasteiger partial charge < -0.3 is 4.74 Å². The van der Waals surface area contributed by atoms with Gasteiger partial charge in [-0.15, -0.1) is 0 Å². The van der Waals surface area contributed by atoms with Crippen molar-refractivity contribution < 1.29 is 4.74 Å². The van der Waals surface area contributed by atoms with E-state index in [0.29, 0.717) is 16.7 Å². The quantitative estimate of drug-likeness (QED) is 0.541. The normalized spacial score (nSPS) is 11.8. The Hall–Kier alpha value is -2.47. The Balaban J connectivity index is 2.14. The van der Waals surface area contributed by atoms with Gasteiger partial charge in [-0.3, -0.25) is 4.79 Å². The Bertz CT molecular complexity index is 1050. The molecule has 0 fully saturated rings. The lowest BCUT2D eigenvalue weighted by Gasteiger charge is -2.13. The van der Waals surface area contributed by atoms with Gasteiger partial charge in [-0.05, 0) is 44.2 Å². The summed E-state index contributed by atoms with van der Waals surface area (Å²) >= 11 is 3.42. The minimum atomic E-state index is -0.191. The van der Waals surface area contributed by atoms with Gasteiger partial charge in [-0.1, -0.05) is 41.9 Å². The molecule has 140 valence electrons. The van der Waals surface area contributed by atoms with Gasteiger partial charge in [0.2, 0.25) is 0 Å². The SMILES string of the molecule is CC(C)Oc1ccccc1C=Nn1c(C(C)C)nc2ccc(Br)cc2c1=O. The maximum Gasteiger partial charge on any atom is 0.282 e. The fourth-order valence-corrected chi connectivity index (χ4v) is 3.08. The van der Waals surface area contributed by atoms with E-state index in [9.17, 15) is 4.79 Å². The molecule has 3 rings (SSSR count).